The molecule has 0 saturated carbocycles. The number of hydrogen-bond donors (Lipinski definition) is 5. The number of aromatic nitrogens is 1. The maximum atomic E-state index is 13.8. The highest BCUT2D eigenvalue weighted by molar-refractivity contribution is 5.98. The van der Waals surface area contributed by atoms with Gasteiger partial charge >= 0.3 is 5.97 Å². The van der Waals surface area contributed by atoms with E-state index in [9.17, 15) is 28.8 Å². The number of nitrogens with one attached hydrogen (secondary N) is 5. The number of carbonyl (C=O) groups is 6. The topological polar surface area (TPSA) is 179 Å². The second kappa shape index (κ2) is 13.6. The molecule has 13 heteroatoms. The van der Waals surface area contributed by atoms with Gasteiger partial charge in [0.05, 0.1) is 0 Å². The average Bonchev–Trinajstić information content (AvgIpc) is 3.69. The number of ether oxygens (including phenoxy) is 1. The van der Waals surface area contributed by atoms with Crippen molar-refractivity contribution < 1.29 is 33.5 Å². The molecule has 2 aromatic carbocycles. The van der Waals surface area contributed by atoms with Crippen LogP contribution in [0.5, 0.6) is 0 Å². The highest BCUT2D eigenvalue weighted by atomic mass is 16.5. The zero-order valence-electron chi connectivity index (χ0n) is 24.9. The number of hydrogen-bond acceptors (Lipinski definition) is 7. The highest BCUT2D eigenvalue weighted by Gasteiger charge is 2.41. The fraction of sp³-hybridized carbons (Fsp3) is 0.375. The van der Waals surface area contributed by atoms with E-state index in [1.54, 1.807) is 42.6 Å². The van der Waals surface area contributed by atoms with Crippen LogP contribution < -0.4 is 21.3 Å². The van der Waals surface area contributed by atoms with Crippen LogP contribution in [0.15, 0.2) is 60.8 Å². The molecule has 5 amide bonds. The molecule has 45 heavy (non-hydrogen) atoms. The van der Waals surface area contributed by atoms with E-state index in [1.165, 1.54) is 18.7 Å². The Morgan fingerprint density at radius 2 is 1.64 bits per heavy atom. The summed E-state index contributed by atoms with van der Waals surface area (Å²) < 4.78 is 5.72. The fourth-order valence-corrected chi connectivity index (χ4v) is 5.90. The van der Waals surface area contributed by atoms with Gasteiger partial charge in [-0.25, -0.2) is 4.79 Å². The van der Waals surface area contributed by atoms with Gasteiger partial charge in [-0.1, -0.05) is 48.5 Å². The zero-order chi connectivity index (χ0) is 32.1. The molecule has 5 rings (SSSR count). The van der Waals surface area contributed by atoms with Crippen molar-refractivity contribution in [2.24, 2.45) is 0 Å². The summed E-state index contributed by atoms with van der Waals surface area (Å²) in [7, 11) is 0. The van der Waals surface area contributed by atoms with Gasteiger partial charge in [0.25, 0.3) is 0 Å². The molecule has 2 fully saturated rings. The molecule has 2 saturated heterocycles. The number of esters is 1. The zero-order valence-corrected chi connectivity index (χ0v) is 24.9. The van der Waals surface area contributed by atoms with Gasteiger partial charge in [0.2, 0.25) is 30.0 Å². The van der Waals surface area contributed by atoms with Gasteiger partial charge in [-0.05, 0) is 38.3 Å². The Morgan fingerprint density at radius 3 is 2.40 bits per heavy atom. The number of cyclic esters (lactones) is 1. The molecule has 13 nitrogen and oxygen atoms in total. The fourth-order valence-electron chi connectivity index (χ4n) is 5.90. The molecule has 1 unspecified atom stereocenters. The lowest BCUT2D eigenvalue weighted by Crippen LogP contribution is -2.60. The first kappa shape index (κ1) is 31.2. The van der Waals surface area contributed by atoms with E-state index in [2.05, 4.69) is 26.3 Å². The lowest BCUT2D eigenvalue weighted by Gasteiger charge is -2.31. The Hall–Kier alpha value is -5.20. The van der Waals surface area contributed by atoms with E-state index < -0.39 is 65.9 Å². The maximum Gasteiger partial charge on any atom is 0.333 e. The Bertz CT molecular complexity index is 1590. The molecular weight excluding hydrogens is 580 g/mol. The first-order valence-electron chi connectivity index (χ1n) is 14.9. The van der Waals surface area contributed by atoms with E-state index in [-0.39, 0.29) is 6.42 Å². The van der Waals surface area contributed by atoms with Crippen LogP contribution in [0.3, 0.4) is 0 Å². The summed E-state index contributed by atoms with van der Waals surface area (Å²) >= 11 is 0. The van der Waals surface area contributed by atoms with Crippen LogP contribution in [-0.4, -0.2) is 82.7 Å². The van der Waals surface area contributed by atoms with Crippen molar-refractivity contribution in [3.63, 3.8) is 0 Å². The smallest absolute Gasteiger partial charge is 0.333 e. The van der Waals surface area contributed by atoms with Gasteiger partial charge in [-0.15, -0.1) is 0 Å². The number of benzene rings is 2. The maximum absolute atomic E-state index is 13.8. The first-order chi connectivity index (χ1) is 21.7. The lowest BCUT2D eigenvalue weighted by molar-refractivity contribution is -0.156. The molecule has 1 aromatic heterocycles. The van der Waals surface area contributed by atoms with Crippen LogP contribution in [0.25, 0.3) is 10.9 Å². The number of aromatic amines is 1. The number of nitrogens with zero attached hydrogens (tertiary/aromatic N) is 1. The molecule has 0 radical (unpaired) electrons. The highest BCUT2D eigenvalue weighted by Crippen LogP contribution is 2.27. The van der Waals surface area contributed by atoms with Crippen LogP contribution in [0.1, 0.15) is 43.9 Å². The van der Waals surface area contributed by atoms with Crippen molar-refractivity contribution in [3.05, 3.63) is 71.9 Å². The number of fused-ring (bicyclic) bond motifs is 2. The monoisotopic (exact) mass is 616 g/mol. The van der Waals surface area contributed by atoms with Crippen LogP contribution in [0.2, 0.25) is 0 Å². The molecule has 3 heterocycles. The van der Waals surface area contributed by atoms with Crippen LogP contribution >= 0.6 is 0 Å². The molecule has 3 aromatic rings. The molecular formula is C32H36N6O7. The summed E-state index contributed by atoms with van der Waals surface area (Å²) in [6.07, 6.45) is 1.69. The molecule has 5 N–H and O–H groups in total. The van der Waals surface area contributed by atoms with Crippen molar-refractivity contribution in [3.8, 4) is 0 Å². The summed E-state index contributed by atoms with van der Waals surface area (Å²) in [5, 5.41) is 11.2. The number of H-pyrrole nitrogens is 1. The Kier molecular flexibility index (Phi) is 9.45. The molecule has 2 aliphatic heterocycles. The van der Waals surface area contributed by atoms with Gasteiger partial charge in [0, 0.05) is 35.6 Å². The quantitative estimate of drug-likeness (QED) is 0.206. The third-order valence-corrected chi connectivity index (χ3v) is 8.24. The Labute approximate surface area is 259 Å². The largest absolute Gasteiger partial charge is 0.458 e. The lowest BCUT2D eigenvalue weighted by atomic mass is 10.0. The predicted octanol–water partition coefficient (Wildman–Crippen LogP) is 0.608. The van der Waals surface area contributed by atoms with Crippen molar-refractivity contribution in [2.45, 2.75) is 69.4 Å². The van der Waals surface area contributed by atoms with Crippen molar-refractivity contribution in [2.75, 3.05) is 6.54 Å². The third-order valence-electron chi connectivity index (χ3n) is 8.24. The number of carbonyl (C=O) groups excluding carboxylic acids is 6. The van der Waals surface area contributed by atoms with Crippen LogP contribution in [0.4, 0.5) is 0 Å². The Morgan fingerprint density at radius 1 is 0.911 bits per heavy atom. The average molecular weight is 617 g/mol. The molecule has 6 atom stereocenters. The molecule has 0 spiro atoms. The van der Waals surface area contributed by atoms with Gasteiger partial charge in [-0.2, -0.15) is 0 Å². The van der Waals surface area contributed by atoms with Gasteiger partial charge in [0.15, 0.2) is 6.04 Å². The Balaban J connectivity index is 1.52. The summed E-state index contributed by atoms with van der Waals surface area (Å²) in [5.41, 5.74) is 1.89. The van der Waals surface area contributed by atoms with Crippen molar-refractivity contribution >= 4 is 46.9 Å². The van der Waals surface area contributed by atoms with Crippen molar-refractivity contribution in [1.82, 2.24) is 31.2 Å². The number of rotatable bonds is 5. The summed E-state index contributed by atoms with van der Waals surface area (Å²) in [6, 6.07) is 10.5. The van der Waals surface area contributed by atoms with E-state index >= 15 is 0 Å². The minimum absolute atomic E-state index is 0.0820. The minimum atomic E-state index is -1.38. The summed E-state index contributed by atoms with van der Waals surface area (Å²) in [5.74, 6) is -3.32. The summed E-state index contributed by atoms with van der Waals surface area (Å²) in [6.45, 7) is 3.24. The van der Waals surface area contributed by atoms with Gasteiger partial charge in [0.1, 0.15) is 30.3 Å². The van der Waals surface area contributed by atoms with Crippen LogP contribution in [0, 0.1) is 0 Å². The van der Waals surface area contributed by atoms with Crippen molar-refractivity contribution in [1.29, 1.82) is 0 Å². The third kappa shape index (κ3) is 6.82. The van der Waals surface area contributed by atoms with E-state index in [0.29, 0.717) is 36.7 Å². The number of amides is 5. The standard InChI is InChI=1S/C32H36N6O7/c1-18-31(43)38-14-8-13-25(38)29(41)37-27(22-16-33-23-12-7-6-11-21(22)23)32(44)45-19(2)26(34-17-39)30(42)36-24(28(40)35-18)15-20-9-4-3-5-10-20/h3-7,9-12,16-19,24-27,33H,8,13-15H2,1-2H3,(H,34,39)(H,35,40)(H,36,42)(H,37,41)/t18-,19+,24-,25?,26+,27+/m1/s1. The summed E-state index contributed by atoms with van der Waals surface area (Å²) in [4.78, 5) is 84.1. The normalized spacial score (nSPS) is 26.8. The predicted molar refractivity (Wildman–Crippen MR) is 162 cm³/mol. The van der Waals surface area contributed by atoms with E-state index in [1.807, 2.05) is 18.2 Å². The van der Waals surface area contributed by atoms with Gasteiger partial charge < -0.3 is 35.9 Å². The van der Waals surface area contributed by atoms with Gasteiger partial charge in [-0.3, -0.25) is 24.0 Å². The first-order valence-corrected chi connectivity index (χ1v) is 14.9. The number of para-hydroxylation sites is 1. The molecule has 2 aliphatic rings. The van der Waals surface area contributed by atoms with Crippen LogP contribution in [-0.2, 0) is 39.9 Å². The molecule has 236 valence electrons. The minimum Gasteiger partial charge on any atom is -0.458 e. The molecule has 0 aliphatic carbocycles. The second-order valence-corrected chi connectivity index (χ2v) is 11.3. The van der Waals surface area contributed by atoms with E-state index in [4.69, 9.17) is 4.74 Å². The van der Waals surface area contributed by atoms with E-state index in [0.717, 1.165) is 11.1 Å². The SMILES string of the molecule is C[C@@H]1OC(=O)[C@H](c2c[nH]c3ccccc23)NC(=O)C2CCCN2C(=O)[C@@H](C)NC(=O)[C@@H](Cc2ccccc2)NC(=O)[C@H]1NC=O. The molecule has 0 bridgehead atoms. The second-order valence-electron chi connectivity index (χ2n) is 11.3.